The fourth-order valence-corrected chi connectivity index (χ4v) is 5.33. The average Bonchev–Trinajstić information content (AvgIpc) is 2.71. The van der Waals surface area contributed by atoms with Gasteiger partial charge >= 0.3 is 0 Å². The van der Waals surface area contributed by atoms with Crippen molar-refractivity contribution in [1.29, 1.82) is 0 Å². The van der Waals surface area contributed by atoms with Crippen molar-refractivity contribution < 1.29 is 0 Å². The number of hydrogen-bond donors (Lipinski definition) is 0. The molecule has 0 amide bonds. The Labute approximate surface area is 112 Å². The summed E-state index contributed by atoms with van der Waals surface area (Å²) in [7, 11) is -1.11. The fraction of sp³-hybridized carbons (Fsp3) is 0.733. The highest BCUT2D eigenvalue weighted by molar-refractivity contribution is 7.10. The van der Waals surface area contributed by atoms with Gasteiger partial charge in [0.25, 0.3) is 0 Å². The van der Waals surface area contributed by atoms with Crippen molar-refractivity contribution >= 4 is 19.2 Å². The van der Waals surface area contributed by atoms with Gasteiger partial charge < -0.3 is 0 Å². The van der Waals surface area contributed by atoms with Crippen LogP contribution in [0.25, 0.3) is 0 Å². The van der Waals surface area contributed by atoms with E-state index >= 15 is 0 Å². The normalized spacial score (nSPS) is 24.9. The van der Waals surface area contributed by atoms with E-state index in [9.17, 15) is 0 Å². The van der Waals surface area contributed by atoms with Crippen molar-refractivity contribution in [1.82, 2.24) is 0 Å². The summed E-state index contributed by atoms with van der Waals surface area (Å²) in [5.74, 6) is 0. The van der Waals surface area contributed by atoms with E-state index < -0.39 is 8.11 Å². The van der Waals surface area contributed by atoms with Crippen molar-refractivity contribution in [3.63, 3.8) is 0 Å². The summed E-state index contributed by atoms with van der Waals surface area (Å²) in [5.41, 5.74) is 3.39. The second kappa shape index (κ2) is 6.80. The molecule has 0 radical (unpaired) electrons. The average molecular weight is 269 g/mol. The topological polar surface area (TPSA) is 0 Å². The van der Waals surface area contributed by atoms with Crippen LogP contribution in [0.3, 0.4) is 0 Å². The van der Waals surface area contributed by atoms with E-state index in [1.807, 2.05) is 0 Å². The third-order valence-electron chi connectivity index (χ3n) is 4.17. The molecule has 0 aromatic rings. The van der Waals surface area contributed by atoms with Crippen LogP contribution >= 0.6 is 11.1 Å². The van der Waals surface area contributed by atoms with Crippen LogP contribution in [0.5, 0.6) is 0 Å². The zero-order chi connectivity index (χ0) is 12.1. The molecule has 17 heavy (non-hydrogen) atoms. The predicted molar refractivity (Wildman–Crippen MR) is 80.1 cm³/mol. The van der Waals surface area contributed by atoms with Crippen molar-refractivity contribution in [2.75, 3.05) is 0 Å². The highest BCUT2D eigenvalue weighted by atomic mass is 35.6. The Morgan fingerprint density at radius 1 is 0.941 bits per heavy atom. The van der Waals surface area contributed by atoms with Crippen molar-refractivity contribution in [2.24, 2.45) is 0 Å². The lowest BCUT2D eigenvalue weighted by molar-refractivity contribution is 0.699. The summed E-state index contributed by atoms with van der Waals surface area (Å²) in [6, 6.07) is 0. The molecule has 2 rings (SSSR count). The largest absolute Gasteiger partial charge is 0.166 e. The molecule has 96 valence electrons. The van der Waals surface area contributed by atoms with E-state index in [4.69, 9.17) is 11.1 Å². The minimum atomic E-state index is -1.11. The van der Waals surface area contributed by atoms with Gasteiger partial charge in [-0.2, -0.15) is 11.1 Å². The second-order valence-corrected chi connectivity index (χ2v) is 9.40. The molecule has 0 saturated heterocycles. The first kappa shape index (κ1) is 13.4. The number of halogens is 1. The smallest absolute Gasteiger partial charge is 0.164 e. The lowest BCUT2D eigenvalue weighted by Gasteiger charge is -2.17. The zero-order valence-corrected chi connectivity index (χ0v) is 13.0. The van der Waals surface area contributed by atoms with E-state index in [-0.39, 0.29) is 0 Å². The molecule has 0 N–H and O–H groups in total. The van der Waals surface area contributed by atoms with Crippen LogP contribution < -0.4 is 0 Å². The van der Waals surface area contributed by atoms with Gasteiger partial charge in [0.2, 0.25) is 0 Å². The molecule has 0 fully saturated rings. The quantitative estimate of drug-likeness (QED) is 0.473. The SMILES string of the molecule is C[SiH](Cl)C1=C(C2=CCCCCC2)CCCCC1. The van der Waals surface area contributed by atoms with Crippen LogP contribution in [0.2, 0.25) is 6.55 Å². The molecule has 0 aromatic carbocycles. The molecule has 2 aliphatic carbocycles. The van der Waals surface area contributed by atoms with Crippen molar-refractivity contribution in [2.45, 2.75) is 70.8 Å². The maximum Gasteiger partial charge on any atom is 0.164 e. The summed E-state index contributed by atoms with van der Waals surface area (Å²) >= 11 is 6.54. The monoisotopic (exact) mass is 268 g/mol. The molecule has 0 spiro atoms. The minimum absolute atomic E-state index is 1.11. The Morgan fingerprint density at radius 3 is 2.47 bits per heavy atom. The third-order valence-corrected chi connectivity index (χ3v) is 6.56. The van der Waals surface area contributed by atoms with Crippen LogP contribution in [-0.4, -0.2) is 8.11 Å². The summed E-state index contributed by atoms with van der Waals surface area (Å²) in [6.45, 7) is 2.29. The van der Waals surface area contributed by atoms with E-state index in [0.29, 0.717) is 0 Å². The standard InChI is InChI=1S/C15H25ClSi/c1-17(16)15-12-8-4-7-11-14(15)13-9-5-2-3-6-10-13/h9,17H,2-8,10-12H2,1H3. The molecule has 0 aliphatic heterocycles. The van der Waals surface area contributed by atoms with Gasteiger partial charge in [0.05, 0.1) is 0 Å². The molecule has 0 heterocycles. The van der Waals surface area contributed by atoms with Gasteiger partial charge in [0.15, 0.2) is 8.11 Å². The predicted octanol–water partition coefficient (Wildman–Crippen LogP) is 5.27. The van der Waals surface area contributed by atoms with Crippen LogP contribution in [0.1, 0.15) is 64.2 Å². The molecule has 1 atom stereocenters. The van der Waals surface area contributed by atoms with E-state index in [2.05, 4.69) is 12.6 Å². The summed E-state index contributed by atoms with van der Waals surface area (Å²) in [5, 5.41) is 1.69. The van der Waals surface area contributed by atoms with Gasteiger partial charge in [-0.3, -0.25) is 0 Å². The first-order chi connectivity index (χ1) is 8.29. The Bertz CT molecular complexity index is 315. The molecule has 0 saturated carbocycles. The van der Waals surface area contributed by atoms with Crippen molar-refractivity contribution in [3.05, 3.63) is 22.4 Å². The highest BCUT2D eigenvalue weighted by Crippen LogP contribution is 2.34. The van der Waals surface area contributed by atoms with Gasteiger partial charge in [-0.25, -0.2) is 0 Å². The molecular weight excluding hydrogens is 244 g/mol. The molecule has 2 aliphatic rings. The number of allylic oxidation sites excluding steroid dienone is 4. The maximum atomic E-state index is 6.54. The Hall–Kier alpha value is -0.0131. The van der Waals surface area contributed by atoms with E-state index in [0.717, 1.165) is 0 Å². The minimum Gasteiger partial charge on any atom is -0.166 e. The van der Waals surface area contributed by atoms with Crippen LogP contribution in [0.15, 0.2) is 22.4 Å². The van der Waals surface area contributed by atoms with Crippen LogP contribution in [0.4, 0.5) is 0 Å². The van der Waals surface area contributed by atoms with Crippen LogP contribution in [0, 0.1) is 0 Å². The zero-order valence-electron chi connectivity index (χ0n) is 11.1. The second-order valence-electron chi connectivity index (χ2n) is 5.51. The summed E-state index contributed by atoms with van der Waals surface area (Å²) in [4.78, 5) is 0. The maximum absolute atomic E-state index is 6.54. The Morgan fingerprint density at radius 2 is 1.65 bits per heavy atom. The molecule has 1 unspecified atom stereocenters. The first-order valence-electron chi connectivity index (χ1n) is 7.34. The van der Waals surface area contributed by atoms with E-state index in [1.165, 1.54) is 64.2 Å². The Kier molecular flexibility index (Phi) is 5.36. The highest BCUT2D eigenvalue weighted by Gasteiger charge is 2.19. The summed E-state index contributed by atoms with van der Waals surface area (Å²) < 4.78 is 0. The van der Waals surface area contributed by atoms with Gasteiger partial charge in [0, 0.05) is 0 Å². The van der Waals surface area contributed by atoms with Gasteiger partial charge in [-0.05, 0) is 62.5 Å². The van der Waals surface area contributed by atoms with Crippen molar-refractivity contribution in [3.8, 4) is 0 Å². The van der Waals surface area contributed by atoms with Gasteiger partial charge in [-0.1, -0.05) is 30.7 Å². The Balaban J connectivity index is 2.25. The van der Waals surface area contributed by atoms with E-state index in [1.54, 1.807) is 16.3 Å². The first-order valence-corrected chi connectivity index (χ1v) is 10.8. The van der Waals surface area contributed by atoms with Gasteiger partial charge in [-0.15, -0.1) is 0 Å². The summed E-state index contributed by atoms with van der Waals surface area (Å²) in [6.07, 6.45) is 16.1. The number of hydrogen-bond acceptors (Lipinski definition) is 0. The van der Waals surface area contributed by atoms with Gasteiger partial charge in [0.1, 0.15) is 0 Å². The van der Waals surface area contributed by atoms with Crippen LogP contribution in [-0.2, 0) is 0 Å². The number of rotatable bonds is 2. The lowest BCUT2D eigenvalue weighted by atomic mass is 9.97. The molecule has 0 bridgehead atoms. The molecular formula is C15H25ClSi. The molecule has 2 heteroatoms. The fourth-order valence-electron chi connectivity index (χ4n) is 3.20. The lowest BCUT2D eigenvalue weighted by Crippen LogP contribution is -2.07. The molecule has 0 nitrogen and oxygen atoms in total. The molecule has 0 aromatic heterocycles. The third kappa shape index (κ3) is 3.72.